The first-order valence-electron chi connectivity index (χ1n) is 10.3. The van der Waals surface area contributed by atoms with Gasteiger partial charge in [-0.15, -0.1) is 0 Å². The molecule has 152 valence electrons. The Bertz CT molecular complexity index is 886. The van der Waals surface area contributed by atoms with Gasteiger partial charge in [-0.1, -0.05) is 48.4 Å². The van der Waals surface area contributed by atoms with Gasteiger partial charge in [-0.25, -0.2) is 4.79 Å². The summed E-state index contributed by atoms with van der Waals surface area (Å²) in [6, 6.07) is 15.7. The number of esters is 1. The van der Waals surface area contributed by atoms with E-state index in [4.69, 9.17) is 4.74 Å². The Labute approximate surface area is 173 Å². The van der Waals surface area contributed by atoms with Crippen molar-refractivity contribution in [3.05, 3.63) is 76.9 Å². The molecule has 2 aromatic rings. The van der Waals surface area contributed by atoms with Crippen LogP contribution in [0.5, 0.6) is 5.75 Å². The SMILES string of the molecule is CC(C)(C)OC(=O)/C=C/c1ccc(C(=C2CCCCC2)c2ccc(O)cc2)cc1. The Balaban J connectivity index is 1.86. The highest BCUT2D eigenvalue weighted by molar-refractivity contribution is 5.88. The number of rotatable bonds is 4. The molecule has 1 N–H and O–H groups in total. The lowest BCUT2D eigenvalue weighted by Crippen LogP contribution is -2.22. The number of aromatic hydroxyl groups is 1. The summed E-state index contributed by atoms with van der Waals surface area (Å²) in [6.45, 7) is 5.57. The third-order valence-electron chi connectivity index (χ3n) is 4.98. The fourth-order valence-electron chi connectivity index (χ4n) is 3.69. The van der Waals surface area contributed by atoms with E-state index in [0.29, 0.717) is 0 Å². The van der Waals surface area contributed by atoms with Gasteiger partial charge in [-0.05, 0) is 86.9 Å². The van der Waals surface area contributed by atoms with E-state index >= 15 is 0 Å². The predicted octanol–water partition coefficient (Wildman–Crippen LogP) is 6.51. The molecule has 0 unspecified atom stereocenters. The molecule has 3 heteroatoms. The fourth-order valence-corrected chi connectivity index (χ4v) is 3.69. The van der Waals surface area contributed by atoms with E-state index < -0.39 is 5.60 Å². The third-order valence-corrected chi connectivity index (χ3v) is 4.98. The molecule has 0 heterocycles. The van der Waals surface area contributed by atoms with Crippen molar-refractivity contribution in [2.75, 3.05) is 0 Å². The lowest BCUT2D eigenvalue weighted by molar-refractivity contribution is -0.148. The van der Waals surface area contributed by atoms with E-state index in [1.54, 1.807) is 18.2 Å². The second-order valence-electron chi connectivity index (χ2n) is 8.57. The van der Waals surface area contributed by atoms with Gasteiger partial charge in [0.15, 0.2) is 0 Å². The van der Waals surface area contributed by atoms with Crippen LogP contribution in [-0.2, 0) is 9.53 Å². The number of allylic oxidation sites excluding steroid dienone is 1. The second-order valence-corrected chi connectivity index (χ2v) is 8.57. The molecule has 1 aliphatic carbocycles. The molecular formula is C26H30O3. The third kappa shape index (κ3) is 6.08. The van der Waals surface area contributed by atoms with Gasteiger partial charge in [0.25, 0.3) is 0 Å². The van der Waals surface area contributed by atoms with Crippen LogP contribution in [0.15, 0.2) is 60.2 Å². The number of carbonyl (C=O) groups excluding carboxylic acids is 1. The largest absolute Gasteiger partial charge is 0.508 e. The molecule has 0 amide bonds. The van der Waals surface area contributed by atoms with Gasteiger partial charge in [-0.2, -0.15) is 0 Å². The van der Waals surface area contributed by atoms with Gasteiger partial charge in [0.1, 0.15) is 11.4 Å². The molecule has 0 aliphatic heterocycles. The summed E-state index contributed by atoms with van der Waals surface area (Å²) in [7, 11) is 0. The highest BCUT2D eigenvalue weighted by Crippen LogP contribution is 2.35. The number of ether oxygens (including phenoxy) is 1. The summed E-state index contributed by atoms with van der Waals surface area (Å²) in [5.74, 6) is -0.0555. The van der Waals surface area contributed by atoms with Crippen LogP contribution in [0.2, 0.25) is 0 Å². The highest BCUT2D eigenvalue weighted by Gasteiger charge is 2.16. The maximum Gasteiger partial charge on any atom is 0.331 e. The van der Waals surface area contributed by atoms with Crippen LogP contribution in [-0.4, -0.2) is 16.7 Å². The molecule has 3 rings (SSSR count). The Morgan fingerprint density at radius 3 is 2.00 bits per heavy atom. The topological polar surface area (TPSA) is 46.5 Å². The van der Waals surface area contributed by atoms with Crippen molar-refractivity contribution >= 4 is 17.6 Å². The first kappa shape index (κ1) is 20.9. The van der Waals surface area contributed by atoms with Gasteiger partial charge in [0, 0.05) is 6.08 Å². The number of hydrogen-bond donors (Lipinski definition) is 1. The molecular weight excluding hydrogens is 360 g/mol. The van der Waals surface area contributed by atoms with Crippen molar-refractivity contribution in [1.29, 1.82) is 0 Å². The minimum absolute atomic E-state index is 0.282. The minimum atomic E-state index is -0.490. The van der Waals surface area contributed by atoms with Gasteiger partial charge in [-0.3, -0.25) is 0 Å². The molecule has 0 saturated heterocycles. The molecule has 0 bridgehead atoms. The quantitative estimate of drug-likeness (QED) is 0.478. The molecule has 0 atom stereocenters. The average Bonchev–Trinajstić information content (AvgIpc) is 2.69. The van der Waals surface area contributed by atoms with Crippen molar-refractivity contribution in [3.8, 4) is 5.75 Å². The van der Waals surface area contributed by atoms with Crippen LogP contribution in [0, 0.1) is 0 Å². The predicted molar refractivity (Wildman–Crippen MR) is 119 cm³/mol. The molecule has 1 aliphatic rings. The highest BCUT2D eigenvalue weighted by atomic mass is 16.6. The summed E-state index contributed by atoms with van der Waals surface area (Å²) in [5.41, 5.74) is 5.53. The zero-order valence-corrected chi connectivity index (χ0v) is 17.6. The summed E-state index contributed by atoms with van der Waals surface area (Å²) in [4.78, 5) is 11.9. The minimum Gasteiger partial charge on any atom is -0.508 e. The van der Waals surface area contributed by atoms with Crippen LogP contribution in [0.1, 0.15) is 69.6 Å². The first-order chi connectivity index (χ1) is 13.8. The van der Waals surface area contributed by atoms with E-state index in [-0.39, 0.29) is 11.7 Å². The molecule has 1 saturated carbocycles. The maximum absolute atomic E-state index is 11.9. The van der Waals surface area contributed by atoms with Crippen LogP contribution in [0.4, 0.5) is 0 Å². The maximum atomic E-state index is 11.9. The van der Waals surface area contributed by atoms with E-state index in [1.165, 1.54) is 42.0 Å². The van der Waals surface area contributed by atoms with Crippen molar-refractivity contribution < 1.29 is 14.6 Å². The smallest absolute Gasteiger partial charge is 0.331 e. The second kappa shape index (κ2) is 9.13. The molecule has 2 aromatic carbocycles. The zero-order valence-electron chi connectivity index (χ0n) is 17.6. The van der Waals surface area contributed by atoms with Crippen LogP contribution >= 0.6 is 0 Å². The Kier molecular flexibility index (Phi) is 6.58. The van der Waals surface area contributed by atoms with Gasteiger partial charge in [0.2, 0.25) is 0 Å². The number of hydrogen-bond acceptors (Lipinski definition) is 3. The summed E-state index contributed by atoms with van der Waals surface area (Å²) >= 11 is 0. The van der Waals surface area contributed by atoms with Crippen molar-refractivity contribution in [2.24, 2.45) is 0 Å². The van der Waals surface area contributed by atoms with Crippen LogP contribution < -0.4 is 0 Å². The Morgan fingerprint density at radius 2 is 1.45 bits per heavy atom. The Hall–Kier alpha value is -2.81. The van der Waals surface area contributed by atoms with E-state index in [9.17, 15) is 9.90 Å². The monoisotopic (exact) mass is 390 g/mol. The van der Waals surface area contributed by atoms with Crippen molar-refractivity contribution in [1.82, 2.24) is 0 Å². The fraction of sp³-hybridized carbons (Fsp3) is 0.346. The summed E-state index contributed by atoms with van der Waals surface area (Å²) in [5, 5.41) is 9.67. The molecule has 0 radical (unpaired) electrons. The molecule has 0 aromatic heterocycles. The number of phenols is 1. The Morgan fingerprint density at radius 1 is 0.897 bits per heavy atom. The standard InChI is InChI=1S/C26H30O3/c1-26(2,3)29-24(28)18-11-19-9-12-21(13-10-19)25(20-7-5-4-6-8-20)22-14-16-23(27)17-15-22/h9-18,27H,4-8H2,1-3H3/b18-11+. The van der Waals surface area contributed by atoms with Gasteiger partial charge < -0.3 is 9.84 Å². The lowest BCUT2D eigenvalue weighted by atomic mass is 9.85. The molecule has 29 heavy (non-hydrogen) atoms. The van der Waals surface area contributed by atoms with Crippen LogP contribution in [0.3, 0.4) is 0 Å². The summed E-state index contributed by atoms with van der Waals surface area (Å²) in [6.07, 6.45) is 9.25. The van der Waals surface area contributed by atoms with Crippen molar-refractivity contribution in [3.63, 3.8) is 0 Å². The van der Waals surface area contributed by atoms with Crippen molar-refractivity contribution in [2.45, 2.75) is 58.5 Å². The zero-order chi connectivity index (χ0) is 20.9. The van der Waals surface area contributed by atoms with Crippen LogP contribution in [0.25, 0.3) is 11.6 Å². The molecule has 0 spiro atoms. The summed E-state index contributed by atoms with van der Waals surface area (Å²) < 4.78 is 5.31. The number of carbonyl (C=O) groups is 1. The van der Waals surface area contributed by atoms with Gasteiger partial charge in [0.05, 0.1) is 0 Å². The number of phenolic OH excluding ortho intramolecular Hbond substituents is 1. The molecule has 3 nitrogen and oxygen atoms in total. The van der Waals surface area contributed by atoms with E-state index in [2.05, 4.69) is 12.1 Å². The first-order valence-corrected chi connectivity index (χ1v) is 10.3. The number of benzene rings is 2. The normalized spacial score (nSPS) is 14.8. The average molecular weight is 391 g/mol. The van der Waals surface area contributed by atoms with Gasteiger partial charge >= 0.3 is 5.97 Å². The molecule has 1 fully saturated rings. The lowest BCUT2D eigenvalue weighted by Gasteiger charge is -2.20. The van der Waals surface area contributed by atoms with E-state index in [0.717, 1.165) is 24.0 Å². The van der Waals surface area contributed by atoms with E-state index in [1.807, 2.05) is 45.0 Å².